The Morgan fingerprint density at radius 3 is 2.30 bits per heavy atom. The number of carbonyl (C=O) groups is 2. The summed E-state index contributed by atoms with van der Waals surface area (Å²) in [6, 6.07) is 0. The van der Waals surface area contributed by atoms with Crippen LogP contribution >= 0.6 is 23.2 Å². The molecule has 2 aliphatic carbocycles. The maximum Gasteiger partial charge on any atom is 0.229 e. The normalized spacial score (nSPS) is 46.4. The molecule has 6 nitrogen and oxygen atoms in total. The maximum absolute atomic E-state index is 12.4. The number of carbonyl (C=O) groups excluding carboxylic acids is 2. The largest absolute Gasteiger partial charge is 0.379 e. The molecule has 0 aromatic rings. The van der Waals surface area contributed by atoms with Crippen LogP contribution in [0.1, 0.15) is 0 Å². The molecule has 1 saturated heterocycles. The molecular weight excluding hydrogens is 311 g/mol. The Kier molecular flexibility index (Phi) is 3.22. The molecule has 3 fully saturated rings. The number of hydrogen-bond donors (Lipinski definition) is 0. The average molecular weight is 325 g/mol. The lowest BCUT2D eigenvalue weighted by atomic mass is 9.84. The second kappa shape index (κ2) is 4.38. The van der Waals surface area contributed by atoms with Gasteiger partial charge < -0.3 is 18.9 Å². The molecule has 0 N–H and O–H groups in total. The fourth-order valence-corrected chi connectivity index (χ4v) is 4.88. The molecule has 2 saturated carbocycles. The first-order valence-electron chi connectivity index (χ1n) is 6.18. The predicted octanol–water partition coefficient (Wildman–Crippen LogP) is 0.128. The molecule has 0 aromatic heterocycles. The van der Waals surface area contributed by atoms with Gasteiger partial charge in [-0.25, -0.2) is 0 Å². The van der Waals surface area contributed by atoms with E-state index < -0.39 is 39.1 Å². The van der Waals surface area contributed by atoms with E-state index in [0.717, 1.165) is 0 Å². The molecule has 1 heterocycles. The van der Waals surface area contributed by atoms with E-state index in [2.05, 4.69) is 0 Å². The van der Waals surface area contributed by atoms with E-state index in [-0.39, 0.29) is 13.2 Å². The van der Waals surface area contributed by atoms with Gasteiger partial charge in [-0.2, -0.15) is 0 Å². The van der Waals surface area contributed by atoms with Crippen molar-refractivity contribution in [1.82, 2.24) is 0 Å². The van der Waals surface area contributed by atoms with Gasteiger partial charge in [0.2, 0.25) is 17.4 Å². The number of halogens is 2. The lowest BCUT2D eigenvalue weighted by Crippen LogP contribution is -2.58. The van der Waals surface area contributed by atoms with Gasteiger partial charge in [0, 0.05) is 20.1 Å². The molecule has 112 valence electrons. The SMILES string of the molecule is COC1(OC)[C@@]2(Cl)C(=O)C(=O)[C@]1(Cl)[C@@H]1OCCOC[C@@H]12. The van der Waals surface area contributed by atoms with Gasteiger partial charge in [0.1, 0.15) is 0 Å². The van der Waals surface area contributed by atoms with Crippen molar-refractivity contribution in [3.63, 3.8) is 0 Å². The molecule has 3 aliphatic rings. The van der Waals surface area contributed by atoms with Gasteiger partial charge in [-0.3, -0.25) is 9.59 Å². The third kappa shape index (κ3) is 1.23. The van der Waals surface area contributed by atoms with Crippen molar-refractivity contribution in [3.05, 3.63) is 0 Å². The average Bonchev–Trinajstić information content (AvgIpc) is 2.68. The van der Waals surface area contributed by atoms with Gasteiger partial charge in [0.15, 0.2) is 9.75 Å². The molecule has 1 aliphatic heterocycles. The van der Waals surface area contributed by atoms with Crippen molar-refractivity contribution in [2.24, 2.45) is 5.92 Å². The van der Waals surface area contributed by atoms with Crippen LogP contribution in [0.3, 0.4) is 0 Å². The number of hydrogen-bond acceptors (Lipinski definition) is 6. The number of alkyl halides is 2. The smallest absolute Gasteiger partial charge is 0.229 e. The summed E-state index contributed by atoms with van der Waals surface area (Å²) in [5, 5.41) is 0. The van der Waals surface area contributed by atoms with Gasteiger partial charge in [0.25, 0.3) is 0 Å². The highest BCUT2D eigenvalue weighted by atomic mass is 35.5. The van der Waals surface area contributed by atoms with Crippen LogP contribution in [-0.2, 0) is 28.5 Å². The molecule has 8 heteroatoms. The van der Waals surface area contributed by atoms with Crippen molar-refractivity contribution in [1.29, 1.82) is 0 Å². The number of ether oxygens (including phenoxy) is 4. The molecule has 0 unspecified atom stereocenters. The zero-order chi connectivity index (χ0) is 14.8. The minimum atomic E-state index is -1.80. The fraction of sp³-hybridized carbons (Fsp3) is 0.833. The zero-order valence-electron chi connectivity index (χ0n) is 11.0. The minimum Gasteiger partial charge on any atom is -0.379 e. The Hall–Kier alpha value is -0.240. The van der Waals surface area contributed by atoms with E-state index >= 15 is 0 Å². The highest BCUT2D eigenvalue weighted by Crippen LogP contribution is 2.65. The summed E-state index contributed by atoms with van der Waals surface area (Å²) in [4.78, 5) is 21.2. The zero-order valence-corrected chi connectivity index (χ0v) is 12.5. The summed E-state index contributed by atoms with van der Waals surface area (Å²) in [6.45, 7) is 0.756. The Balaban J connectivity index is 2.25. The molecule has 0 amide bonds. The molecule has 2 bridgehead atoms. The van der Waals surface area contributed by atoms with Gasteiger partial charge in [-0.05, 0) is 0 Å². The Morgan fingerprint density at radius 2 is 1.70 bits per heavy atom. The Morgan fingerprint density at radius 1 is 1.10 bits per heavy atom. The van der Waals surface area contributed by atoms with Crippen LogP contribution < -0.4 is 0 Å². The predicted molar refractivity (Wildman–Crippen MR) is 68.0 cm³/mol. The van der Waals surface area contributed by atoms with E-state index in [1.807, 2.05) is 0 Å². The van der Waals surface area contributed by atoms with Crippen LogP contribution in [0.5, 0.6) is 0 Å². The van der Waals surface area contributed by atoms with Crippen LogP contribution in [0, 0.1) is 5.92 Å². The first-order chi connectivity index (χ1) is 9.41. The minimum absolute atomic E-state index is 0.149. The second-order valence-electron chi connectivity index (χ2n) is 5.08. The topological polar surface area (TPSA) is 71.1 Å². The highest BCUT2D eigenvalue weighted by molar-refractivity contribution is 6.66. The molecule has 20 heavy (non-hydrogen) atoms. The number of methoxy groups -OCH3 is 2. The summed E-state index contributed by atoms with van der Waals surface area (Å²) in [6.07, 6.45) is -0.797. The third-order valence-electron chi connectivity index (χ3n) is 4.49. The van der Waals surface area contributed by atoms with Crippen LogP contribution in [0.25, 0.3) is 0 Å². The maximum atomic E-state index is 12.4. The molecular formula is C12H14Cl2O6. The van der Waals surface area contributed by atoms with Crippen LogP contribution in [0.2, 0.25) is 0 Å². The first kappa shape index (κ1) is 14.7. The van der Waals surface area contributed by atoms with Crippen molar-refractivity contribution in [2.75, 3.05) is 34.0 Å². The standard InChI is InChI=1S/C12H14Cl2O6/c1-17-12(18-2)10(13)6-5-19-3-4-20-9(6)11(12,14)8(16)7(10)15/h6,9H,3-5H2,1-2H3/t6-,9+,10-,11-/m0/s1. The van der Waals surface area contributed by atoms with Crippen LogP contribution in [0.4, 0.5) is 0 Å². The molecule has 0 spiro atoms. The van der Waals surface area contributed by atoms with Crippen molar-refractivity contribution in [3.8, 4) is 0 Å². The van der Waals surface area contributed by atoms with E-state index in [9.17, 15) is 9.59 Å². The summed E-state index contributed by atoms with van der Waals surface area (Å²) in [5.74, 6) is -4.03. The summed E-state index contributed by atoms with van der Waals surface area (Å²) < 4.78 is 21.7. The van der Waals surface area contributed by atoms with Crippen LogP contribution in [0.15, 0.2) is 0 Å². The fourth-order valence-electron chi connectivity index (χ4n) is 3.66. The van der Waals surface area contributed by atoms with Gasteiger partial charge >= 0.3 is 0 Å². The number of fused-ring (bicyclic) bond motifs is 5. The van der Waals surface area contributed by atoms with Crippen molar-refractivity contribution >= 4 is 34.8 Å². The number of Topliss-reactive ketones (excluding diaryl/α,β-unsaturated/α-hetero) is 2. The van der Waals surface area contributed by atoms with Crippen molar-refractivity contribution in [2.45, 2.75) is 21.6 Å². The molecule has 3 rings (SSSR count). The lowest BCUT2D eigenvalue weighted by Gasteiger charge is -2.38. The molecule has 0 aromatic carbocycles. The van der Waals surface area contributed by atoms with E-state index in [4.69, 9.17) is 42.1 Å². The van der Waals surface area contributed by atoms with Crippen molar-refractivity contribution < 1.29 is 28.5 Å². The van der Waals surface area contributed by atoms with Crippen LogP contribution in [-0.4, -0.2) is 67.2 Å². The quantitative estimate of drug-likeness (QED) is 0.408. The first-order valence-corrected chi connectivity index (χ1v) is 6.94. The number of rotatable bonds is 2. The summed E-state index contributed by atoms with van der Waals surface area (Å²) in [5.41, 5.74) is 0. The molecule has 4 atom stereocenters. The summed E-state index contributed by atoms with van der Waals surface area (Å²) in [7, 11) is 2.60. The van der Waals surface area contributed by atoms with Gasteiger partial charge in [0.05, 0.1) is 25.9 Å². The highest BCUT2D eigenvalue weighted by Gasteiger charge is 2.90. The third-order valence-corrected chi connectivity index (χ3v) is 5.83. The van der Waals surface area contributed by atoms with E-state index in [1.54, 1.807) is 0 Å². The van der Waals surface area contributed by atoms with E-state index in [0.29, 0.717) is 6.61 Å². The monoisotopic (exact) mass is 324 g/mol. The Bertz CT molecular complexity index is 441. The Labute approximate surface area is 125 Å². The van der Waals surface area contributed by atoms with E-state index in [1.165, 1.54) is 14.2 Å². The molecule has 0 radical (unpaired) electrons. The van der Waals surface area contributed by atoms with Gasteiger partial charge in [-0.15, -0.1) is 23.2 Å². The second-order valence-corrected chi connectivity index (χ2v) is 6.27. The van der Waals surface area contributed by atoms with Gasteiger partial charge in [-0.1, -0.05) is 0 Å². The summed E-state index contributed by atoms with van der Waals surface area (Å²) >= 11 is 13.1. The lowest BCUT2D eigenvalue weighted by molar-refractivity contribution is -0.225. The number of ketones is 2.